The minimum atomic E-state index is -3.36. The van der Waals surface area contributed by atoms with Crippen molar-refractivity contribution in [3.63, 3.8) is 0 Å². The SMILES string of the molecule is CCS(=O)(=O)c1ccc([C@H](COC(N)=O)NC(=O)c2ccc(N(CC3CCC(C)CC3)C3CC3)nc2)cc1. The molecule has 10 heteroatoms. The summed E-state index contributed by atoms with van der Waals surface area (Å²) in [5, 5.41) is 2.86. The van der Waals surface area contributed by atoms with Crippen LogP contribution in [0, 0.1) is 11.8 Å². The van der Waals surface area contributed by atoms with Crippen LogP contribution in [0.2, 0.25) is 0 Å². The first-order valence-corrected chi connectivity index (χ1v) is 15.1. The van der Waals surface area contributed by atoms with Crippen LogP contribution in [0.4, 0.5) is 10.6 Å². The van der Waals surface area contributed by atoms with Crippen LogP contribution in [-0.2, 0) is 14.6 Å². The number of nitrogens with two attached hydrogens (primary N) is 1. The minimum absolute atomic E-state index is 0.0155. The summed E-state index contributed by atoms with van der Waals surface area (Å²) in [6.45, 7) is 4.72. The number of nitrogens with zero attached hydrogens (tertiary/aromatic N) is 2. The van der Waals surface area contributed by atoms with E-state index < -0.39 is 22.0 Å². The molecule has 2 fully saturated rings. The molecule has 9 nitrogen and oxygen atoms in total. The highest BCUT2D eigenvalue weighted by Gasteiger charge is 2.32. The average molecular weight is 543 g/mol. The number of hydrogen-bond donors (Lipinski definition) is 2. The van der Waals surface area contributed by atoms with Crippen molar-refractivity contribution in [2.24, 2.45) is 17.6 Å². The van der Waals surface area contributed by atoms with Gasteiger partial charge < -0.3 is 20.7 Å². The maximum atomic E-state index is 13.1. The van der Waals surface area contributed by atoms with E-state index in [0.717, 1.165) is 18.3 Å². The molecule has 2 amide bonds. The fraction of sp³-hybridized carbons (Fsp3) is 0.536. The van der Waals surface area contributed by atoms with Crippen LogP contribution in [0.3, 0.4) is 0 Å². The number of carbonyl (C=O) groups excluding carboxylic acids is 2. The first-order chi connectivity index (χ1) is 18.2. The lowest BCUT2D eigenvalue weighted by Crippen LogP contribution is -2.34. The van der Waals surface area contributed by atoms with Crippen LogP contribution >= 0.6 is 0 Å². The lowest BCUT2D eigenvalue weighted by atomic mass is 9.83. The maximum absolute atomic E-state index is 13.1. The molecule has 0 spiro atoms. The summed E-state index contributed by atoms with van der Waals surface area (Å²) in [5.41, 5.74) is 6.10. The zero-order chi connectivity index (χ0) is 27.3. The molecule has 0 saturated heterocycles. The summed E-state index contributed by atoms with van der Waals surface area (Å²) < 4.78 is 29.2. The largest absolute Gasteiger partial charge is 0.447 e. The van der Waals surface area contributed by atoms with Gasteiger partial charge in [-0.15, -0.1) is 0 Å². The molecule has 2 aliphatic carbocycles. The van der Waals surface area contributed by atoms with E-state index in [0.29, 0.717) is 23.1 Å². The van der Waals surface area contributed by atoms with Crippen LogP contribution in [0.5, 0.6) is 0 Å². The van der Waals surface area contributed by atoms with Gasteiger partial charge in [-0.1, -0.05) is 38.8 Å². The van der Waals surface area contributed by atoms with Crippen LogP contribution in [0.15, 0.2) is 47.5 Å². The summed E-state index contributed by atoms with van der Waals surface area (Å²) in [6.07, 6.45) is 8.04. The number of benzene rings is 1. The molecule has 3 N–H and O–H groups in total. The smallest absolute Gasteiger partial charge is 0.404 e. The zero-order valence-electron chi connectivity index (χ0n) is 22.1. The van der Waals surface area contributed by atoms with E-state index >= 15 is 0 Å². The highest BCUT2D eigenvalue weighted by molar-refractivity contribution is 7.91. The highest BCUT2D eigenvalue weighted by Crippen LogP contribution is 2.35. The summed E-state index contributed by atoms with van der Waals surface area (Å²) in [6, 6.07) is 9.62. The molecule has 206 valence electrons. The van der Waals surface area contributed by atoms with Crippen molar-refractivity contribution in [2.75, 3.05) is 23.8 Å². The number of anilines is 1. The van der Waals surface area contributed by atoms with Crippen molar-refractivity contribution < 1.29 is 22.7 Å². The quantitative estimate of drug-likeness (QED) is 0.434. The first kappa shape index (κ1) is 27.9. The fourth-order valence-electron chi connectivity index (χ4n) is 5.00. The van der Waals surface area contributed by atoms with Gasteiger partial charge in [0, 0.05) is 18.8 Å². The van der Waals surface area contributed by atoms with Crippen molar-refractivity contribution >= 4 is 27.7 Å². The van der Waals surface area contributed by atoms with Gasteiger partial charge in [-0.2, -0.15) is 0 Å². The third-order valence-corrected chi connectivity index (χ3v) is 9.35. The second-order valence-corrected chi connectivity index (χ2v) is 12.8. The molecule has 0 aliphatic heterocycles. The minimum Gasteiger partial charge on any atom is -0.447 e. The Kier molecular flexibility index (Phi) is 8.91. The van der Waals surface area contributed by atoms with Crippen molar-refractivity contribution in [2.45, 2.75) is 69.4 Å². The molecule has 2 saturated carbocycles. The van der Waals surface area contributed by atoms with E-state index in [9.17, 15) is 18.0 Å². The summed E-state index contributed by atoms with van der Waals surface area (Å²) >= 11 is 0. The molecule has 38 heavy (non-hydrogen) atoms. The molecule has 2 aliphatic rings. The molecule has 1 atom stereocenters. The van der Waals surface area contributed by atoms with Crippen LogP contribution in [0.1, 0.15) is 74.3 Å². The third-order valence-electron chi connectivity index (χ3n) is 7.60. The second kappa shape index (κ2) is 12.1. The number of nitrogens with one attached hydrogen (secondary N) is 1. The number of pyridine rings is 1. The lowest BCUT2D eigenvalue weighted by molar-refractivity contribution is 0.0898. The molecule has 0 unspecified atom stereocenters. The standard InChI is InChI=1S/C28H38N4O5S/c1-3-38(35,36)24-13-8-21(9-14-24)25(18-37-28(29)34)31-27(33)22-10-15-26(30-16-22)32(23-11-12-23)17-20-6-4-19(2)5-7-20/h8-10,13-16,19-20,23,25H,3-7,11-12,17-18H2,1-2H3,(H2,29,34)(H,31,33)/t19?,20?,25-/m0/s1. The number of carbonyl (C=O) groups is 2. The second-order valence-electron chi connectivity index (χ2n) is 10.5. The lowest BCUT2D eigenvalue weighted by Gasteiger charge is -2.32. The monoisotopic (exact) mass is 542 g/mol. The predicted octanol–water partition coefficient (Wildman–Crippen LogP) is 4.24. The van der Waals surface area contributed by atoms with Gasteiger partial charge in [0.15, 0.2) is 9.84 Å². The Morgan fingerprint density at radius 3 is 2.32 bits per heavy atom. The Balaban J connectivity index is 1.45. The van der Waals surface area contributed by atoms with Gasteiger partial charge in [0.2, 0.25) is 0 Å². The van der Waals surface area contributed by atoms with E-state index in [2.05, 4.69) is 22.1 Å². The van der Waals surface area contributed by atoms with E-state index in [1.165, 1.54) is 50.7 Å². The number of hydrogen-bond acceptors (Lipinski definition) is 7. The maximum Gasteiger partial charge on any atom is 0.404 e. The van der Waals surface area contributed by atoms with Gasteiger partial charge in [-0.25, -0.2) is 18.2 Å². The van der Waals surface area contributed by atoms with E-state index in [1.807, 2.05) is 6.07 Å². The molecule has 1 aromatic heterocycles. The number of aromatic nitrogens is 1. The van der Waals surface area contributed by atoms with E-state index in [1.54, 1.807) is 31.3 Å². The Bertz CT molecular complexity index is 1200. The van der Waals surface area contributed by atoms with E-state index in [-0.39, 0.29) is 23.2 Å². The molecule has 2 aromatic rings. The Morgan fingerprint density at radius 1 is 1.08 bits per heavy atom. The Morgan fingerprint density at radius 2 is 1.76 bits per heavy atom. The number of amides is 2. The van der Waals surface area contributed by atoms with Crippen molar-refractivity contribution in [1.29, 1.82) is 0 Å². The highest BCUT2D eigenvalue weighted by atomic mass is 32.2. The average Bonchev–Trinajstić information content (AvgIpc) is 3.76. The number of primary amides is 1. The molecule has 1 aromatic carbocycles. The third kappa shape index (κ3) is 7.24. The molecule has 1 heterocycles. The van der Waals surface area contributed by atoms with Crippen molar-refractivity contribution in [3.8, 4) is 0 Å². The van der Waals surface area contributed by atoms with Crippen LogP contribution in [-0.4, -0.2) is 50.3 Å². The van der Waals surface area contributed by atoms with Crippen molar-refractivity contribution in [3.05, 3.63) is 53.7 Å². The number of ether oxygens (including phenoxy) is 1. The van der Waals surface area contributed by atoms with Crippen LogP contribution in [0.25, 0.3) is 0 Å². The molecular weight excluding hydrogens is 504 g/mol. The molecule has 0 bridgehead atoms. The van der Waals surface area contributed by atoms with Gasteiger partial charge in [0.25, 0.3) is 5.91 Å². The number of rotatable bonds is 11. The molecule has 4 rings (SSSR count). The Hall–Kier alpha value is -3.14. The zero-order valence-corrected chi connectivity index (χ0v) is 23.0. The molecule has 0 radical (unpaired) electrons. The summed E-state index contributed by atoms with van der Waals surface area (Å²) in [5.74, 6) is 1.99. The summed E-state index contributed by atoms with van der Waals surface area (Å²) in [7, 11) is -3.36. The van der Waals surface area contributed by atoms with Crippen LogP contribution < -0.4 is 16.0 Å². The van der Waals surface area contributed by atoms with Gasteiger partial charge in [0.05, 0.1) is 22.3 Å². The summed E-state index contributed by atoms with van der Waals surface area (Å²) in [4.78, 5) is 31.5. The van der Waals surface area contributed by atoms with Gasteiger partial charge in [0.1, 0.15) is 12.4 Å². The van der Waals surface area contributed by atoms with Crippen molar-refractivity contribution in [1.82, 2.24) is 10.3 Å². The topological polar surface area (TPSA) is 132 Å². The Labute approximate surface area is 225 Å². The van der Waals surface area contributed by atoms with E-state index in [4.69, 9.17) is 10.5 Å². The van der Waals surface area contributed by atoms with Gasteiger partial charge in [-0.3, -0.25) is 4.79 Å². The number of sulfone groups is 1. The predicted molar refractivity (Wildman–Crippen MR) is 146 cm³/mol. The first-order valence-electron chi connectivity index (χ1n) is 13.4. The normalized spacial score (nSPS) is 20.4. The fourth-order valence-corrected chi connectivity index (χ4v) is 5.88. The van der Waals surface area contributed by atoms with Gasteiger partial charge in [-0.05, 0) is 67.3 Å². The van der Waals surface area contributed by atoms with Gasteiger partial charge >= 0.3 is 6.09 Å². The molecular formula is C28H38N4O5S.